The van der Waals surface area contributed by atoms with E-state index >= 15 is 0 Å². The molecular weight excluding hydrogens is 1410 g/mol. The summed E-state index contributed by atoms with van der Waals surface area (Å²) in [6.45, 7) is 1.80. The van der Waals surface area contributed by atoms with Crippen LogP contribution >= 0.6 is 0 Å². The maximum atomic E-state index is 13.5. The lowest BCUT2D eigenvalue weighted by Gasteiger charge is -2.48. The van der Waals surface area contributed by atoms with Gasteiger partial charge in [-0.25, -0.2) is 0 Å². The van der Waals surface area contributed by atoms with Crippen LogP contribution in [0.25, 0.3) is 0 Å². The molecule has 3 rings (SSSR count). The van der Waals surface area contributed by atoms with E-state index in [-0.39, 0.29) is 18.9 Å². The molecule has 0 radical (unpaired) electrons. The summed E-state index contributed by atoms with van der Waals surface area (Å²) in [6, 6.07) is -0.973. The predicted octanol–water partition coefficient (Wildman–Crippen LogP) is 18.2. The summed E-state index contributed by atoms with van der Waals surface area (Å²) in [5.74, 6) is -0.266. The lowest BCUT2D eigenvalue weighted by molar-refractivity contribution is -0.379. The Kier molecular flexibility index (Phi) is 67.0. The molecule has 1 amide bonds. The number of aliphatic hydroxyl groups excluding tert-OH is 11. The summed E-state index contributed by atoms with van der Waals surface area (Å²) < 4.78 is 34.5. The van der Waals surface area contributed by atoms with Gasteiger partial charge < -0.3 is 89.9 Å². The van der Waals surface area contributed by atoms with Crippen LogP contribution < -0.4 is 5.32 Å². The zero-order chi connectivity index (χ0) is 80.3. The van der Waals surface area contributed by atoms with E-state index in [0.29, 0.717) is 6.42 Å². The molecule has 3 aliphatic rings. The zero-order valence-corrected chi connectivity index (χ0v) is 70.7. The van der Waals surface area contributed by atoms with E-state index in [1.807, 2.05) is 6.08 Å². The number of aliphatic hydroxyl groups is 11. The van der Waals surface area contributed by atoms with Crippen molar-refractivity contribution in [2.75, 3.05) is 26.4 Å². The minimum absolute atomic E-state index is 0.249. The molecule has 12 N–H and O–H groups in total. The van der Waals surface area contributed by atoms with Crippen LogP contribution in [0.1, 0.15) is 412 Å². The number of nitrogens with one attached hydrogen (secondary N) is 1. The van der Waals surface area contributed by atoms with Crippen LogP contribution in [0, 0.1) is 0 Å². The Balaban J connectivity index is 1.28. The quantitative estimate of drug-likeness (QED) is 0.0199. The highest BCUT2D eigenvalue weighted by atomic mass is 16.8. The molecule has 19 nitrogen and oxygen atoms in total. The minimum atomic E-state index is -1.98. The van der Waals surface area contributed by atoms with Crippen LogP contribution in [0.2, 0.25) is 0 Å². The zero-order valence-electron chi connectivity index (χ0n) is 70.7. The summed E-state index contributed by atoms with van der Waals surface area (Å²) in [6.07, 6.45) is 66.0. The molecule has 3 heterocycles. The maximum Gasteiger partial charge on any atom is 0.220 e. The first kappa shape index (κ1) is 103. The van der Waals surface area contributed by atoms with Crippen molar-refractivity contribution in [3.05, 3.63) is 36.5 Å². The third-order valence-electron chi connectivity index (χ3n) is 23.4. The molecule has 17 atom stereocenters. The van der Waals surface area contributed by atoms with Gasteiger partial charge >= 0.3 is 0 Å². The van der Waals surface area contributed by atoms with E-state index < -0.39 is 124 Å². The number of rotatable bonds is 77. The van der Waals surface area contributed by atoms with E-state index in [1.165, 1.54) is 334 Å². The largest absolute Gasteiger partial charge is 0.394 e. The topological polar surface area (TPSA) is 307 Å². The molecule has 19 heteroatoms. The molecule has 3 fully saturated rings. The number of carbonyl (C=O) groups is 1. The molecule has 0 aromatic carbocycles. The monoisotopic (exact) mass is 1580 g/mol. The number of carbonyl (C=O) groups excluding carboxylic acids is 1. The van der Waals surface area contributed by atoms with E-state index in [4.69, 9.17) is 28.4 Å². The average molecular weight is 1580 g/mol. The second-order valence-electron chi connectivity index (χ2n) is 33.5. The first-order valence-electron chi connectivity index (χ1n) is 46.7. The van der Waals surface area contributed by atoms with Crippen molar-refractivity contribution in [3.63, 3.8) is 0 Å². The summed E-state index contributed by atoms with van der Waals surface area (Å²) in [7, 11) is 0. The highest BCUT2D eigenvalue weighted by molar-refractivity contribution is 5.76. The molecule has 0 spiro atoms. The molecular formula is C92H173NO18. The lowest BCUT2D eigenvalue weighted by Crippen LogP contribution is -2.66. The maximum absolute atomic E-state index is 13.5. The third kappa shape index (κ3) is 50.5. The Bertz CT molecular complexity index is 2140. The van der Waals surface area contributed by atoms with Crippen LogP contribution in [0.3, 0.4) is 0 Å². The van der Waals surface area contributed by atoms with Gasteiger partial charge in [0, 0.05) is 6.42 Å². The number of hydrogen-bond acceptors (Lipinski definition) is 18. The van der Waals surface area contributed by atoms with Crippen molar-refractivity contribution >= 4 is 5.91 Å². The third-order valence-corrected chi connectivity index (χ3v) is 23.4. The fraction of sp³-hybridized carbons (Fsp3) is 0.924. The predicted molar refractivity (Wildman–Crippen MR) is 448 cm³/mol. The second-order valence-corrected chi connectivity index (χ2v) is 33.5. The van der Waals surface area contributed by atoms with Crippen molar-refractivity contribution in [1.82, 2.24) is 5.32 Å². The van der Waals surface area contributed by atoms with Gasteiger partial charge in [-0.15, -0.1) is 0 Å². The summed E-state index contributed by atoms with van der Waals surface area (Å²) in [5, 5.41) is 121. The first-order chi connectivity index (χ1) is 54.3. The van der Waals surface area contributed by atoms with Gasteiger partial charge in [0.1, 0.15) is 73.2 Å². The summed E-state index contributed by atoms with van der Waals surface area (Å²) >= 11 is 0. The second kappa shape index (κ2) is 72.1. The van der Waals surface area contributed by atoms with Crippen LogP contribution in [0.5, 0.6) is 0 Å². The average Bonchev–Trinajstić information content (AvgIpc) is 0.780. The van der Waals surface area contributed by atoms with Crippen molar-refractivity contribution in [1.29, 1.82) is 0 Å². The number of hydrogen-bond donors (Lipinski definition) is 12. The van der Waals surface area contributed by atoms with E-state index in [1.54, 1.807) is 6.08 Å². The van der Waals surface area contributed by atoms with Crippen LogP contribution in [0.15, 0.2) is 36.5 Å². The molecule has 0 saturated carbocycles. The lowest BCUT2D eigenvalue weighted by atomic mass is 9.96. The van der Waals surface area contributed by atoms with Crippen molar-refractivity contribution < 1.29 is 89.4 Å². The molecule has 0 bridgehead atoms. The fourth-order valence-electron chi connectivity index (χ4n) is 16.0. The van der Waals surface area contributed by atoms with Gasteiger partial charge in [0.05, 0.1) is 38.6 Å². The van der Waals surface area contributed by atoms with Crippen molar-refractivity contribution in [2.45, 2.75) is 516 Å². The van der Waals surface area contributed by atoms with Crippen molar-refractivity contribution in [2.24, 2.45) is 0 Å². The van der Waals surface area contributed by atoms with Gasteiger partial charge in [0.15, 0.2) is 18.9 Å². The molecule has 0 aliphatic carbocycles. The fourth-order valence-corrected chi connectivity index (χ4v) is 16.0. The van der Waals surface area contributed by atoms with Crippen molar-refractivity contribution in [3.8, 4) is 0 Å². The van der Waals surface area contributed by atoms with E-state index in [0.717, 1.165) is 51.4 Å². The van der Waals surface area contributed by atoms with Gasteiger partial charge in [-0.2, -0.15) is 0 Å². The minimum Gasteiger partial charge on any atom is -0.394 e. The van der Waals surface area contributed by atoms with Gasteiger partial charge in [0.25, 0.3) is 0 Å². The number of unbranched alkanes of at least 4 members (excludes halogenated alkanes) is 57. The Morgan fingerprint density at radius 2 is 0.595 bits per heavy atom. The first-order valence-corrected chi connectivity index (χ1v) is 46.7. The normalized spacial score (nSPS) is 25.1. The Labute approximate surface area is 676 Å². The van der Waals surface area contributed by atoms with Crippen LogP contribution in [-0.4, -0.2) is 193 Å². The Hall–Kier alpha value is -1.99. The van der Waals surface area contributed by atoms with E-state index in [9.17, 15) is 61.0 Å². The molecule has 111 heavy (non-hydrogen) atoms. The smallest absolute Gasteiger partial charge is 0.220 e. The van der Waals surface area contributed by atoms with E-state index in [2.05, 4.69) is 43.5 Å². The number of allylic oxidation sites excluding steroid dienone is 5. The molecule has 0 aromatic rings. The molecule has 3 aliphatic heterocycles. The van der Waals surface area contributed by atoms with Gasteiger partial charge in [-0.05, 0) is 51.4 Å². The standard InChI is InChI=1S/C92H173NO18/c1-3-5-7-9-11-13-15-17-19-21-23-25-27-29-30-31-32-33-34-35-36-37-38-39-40-41-42-43-44-46-48-50-52-54-56-58-60-62-64-66-68-70-80(98)93-75(76(97)69-67-65-63-61-59-57-55-53-51-49-47-45-28-26-24-22-20-18-16-14-12-10-8-6-4-2)74-106-90-86(104)83(101)88(78(72-95)108-90)111-92-87(105)84(102)89(79(73-96)109-92)110-91-85(103)82(100)81(99)77(71-94)107-91/h15,17,21,23,67,69,75-79,81-92,94-97,99-105H,3-14,16,18-20,22,24-66,68,70-74H2,1-2H3,(H,93,98)/b17-15-,23-21-,69-67+. The molecule has 0 aromatic heterocycles. The van der Waals surface area contributed by atoms with Gasteiger partial charge in [-0.3, -0.25) is 4.79 Å². The highest BCUT2D eigenvalue weighted by Crippen LogP contribution is 2.34. The molecule has 654 valence electrons. The van der Waals surface area contributed by atoms with Crippen LogP contribution in [-0.2, 0) is 33.2 Å². The summed E-state index contributed by atoms with van der Waals surface area (Å²) in [4.78, 5) is 13.5. The van der Waals surface area contributed by atoms with Crippen LogP contribution in [0.4, 0.5) is 0 Å². The van der Waals surface area contributed by atoms with Gasteiger partial charge in [-0.1, -0.05) is 391 Å². The number of ether oxygens (including phenoxy) is 6. The highest BCUT2D eigenvalue weighted by Gasteiger charge is 2.54. The SMILES string of the molecule is CCCCCCC/C=C\C/C=C\CCCCCCCCCCCCCCCCCCCCCCCCCCCCCCCC(=O)NC(COC1OC(CO)C(OC2OC(CO)C(OC3OC(CO)C(O)C(O)C3O)C(O)C2O)C(O)C1O)C(O)/C=C/CCCCCCCCCCCCCCCCCCCCCCCCC. The van der Waals surface area contributed by atoms with Gasteiger partial charge in [0.2, 0.25) is 5.91 Å². The molecule has 3 saturated heterocycles. The molecule has 17 unspecified atom stereocenters. The number of amides is 1. The Morgan fingerprint density at radius 1 is 0.324 bits per heavy atom. The Morgan fingerprint density at radius 3 is 0.919 bits per heavy atom. The summed E-state index contributed by atoms with van der Waals surface area (Å²) in [5.41, 5.74) is 0.